The van der Waals surface area contributed by atoms with Crippen molar-refractivity contribution >= 4 is 27.5 Å². The molecule has 5 heteroatoms. The van der Waals surface area contributed by atoms with E-state index in [2.05, 4.69) is 21.2 Å². The first-order valence-corrected chi connectivity index (χ1v) is 5.26. The zero-order valence-electron chi connectivity index (χ0n) is 8.33. The molecule has 1 amide bonds. The number of nitrogens with one attached hydrogen (secondary N) is 1. The van der Waals surface area contributed by atoms with E-state index in [0.717, 1.165) is 4.47 Å². The quantitative estimate of drug-likeness (QED) is 0.852. The predicted molar refractivity (Wildman–Crippen MR) is 59.4 cm³/mol. The van der Waals surface area contributed by atoms with Gasteiger partial charge in [0.15, 0.2) is 11.9 Å². The van der Waals surface area contributed by atoms with Crippen LogP contribution in [0.15, 0.2) is 16.6 Å². The van der Waals surface area contributed by atoms with E-state index < -0.39 is 6.10 Å². The highest BCUT2D eigenvalue weighted by Crippen LogP contribution is 2.40. The molecule has 2 rings (SSSR count). The molecule has 0 saturated carbocycles. The van der Waals surface area contributed by atoms with Gasteiger partial charge >= 0.3 is 0 Å². The van der Waals surface area contributed by atoms with Crippen molar-refractivity contribution in [3.8, 4) is 11.5 Å². The van der Waals surface area contributed by atoms with E-state index in [0.29, 0.717) is 17.2 Å². The van der Waals surface area contributed by atoms with Crippen LogP contribution in [-0.2, 0) is 4.79 Å². The van der Waals surface area contributed by atoms with Gasteiger partial charge in [0.25, 0.3) is 5.91 Å². The van der Waals surface area contributed by atoms with Gasteiger partial charge in [0.05, 0.1) is 17.3 Å². The first-order valence-electron chi connectivity index (χ1n) is 4.47. The summed E-state index contributed by atoms with van der Waals surface area (Å²) < 4.78 is 11.3. The molecule has 1 heterocycles. The van der Waals surface area contributed by atoms with Crippen molar-refractivity contribution in [1.82, 2.24) is 0 Å². The van der Waals surface area contributed by atoms with Crippen molar-refractivity contribution < 1.29 is 14.3 Å². The Hall–Kier alpha value is -1.23. The molecule has 1 N–H and O–H groups in total. The summed E-state index contributed by atoms with van der Waals surface area (Å²) in [5.74, 6) is 1.16. The SMILES string of the molecule is COc1cc(Br)c2c(c1)NC(=O)[C@@H](C)O2. The summed E-state index contributed by atoms with van der Waals surface area (Å²) in [7, 11) is 1.57. The normalized spacial score (nSPS) is 18.9. The number of benzene rings is 1. The fraction of sp³-hybridized carbons (Fsp3) is 0.300. The maximum Gasteiger partial charge on any atom is 0.265 e. The van der Waals surface area contributed by atoms with E-state index in [9.17, 15) is 4.79 Å². The molecule has 1 aromatic carbocycles. The third-order valence-electron chi connectivity index (χ3n) is 2.17. The van der Waals surface area contributed by atoms with Crippen molar-refractivity contribution in [2.24, 2.45) is 0 Å². The van der Waals surface area contributed by atoms with Gasteiger partial charge in [-0.1, -0.05) is 0 Å². The average Bonchev–Trinajstić information content (AvgIpc) is 2.21. The Labute approximate surface area is 95.7 Å². The number of carbonyl (C=O) groups excluding carboxylic acids is 1. The van der Waals surface area contributed by atoms with Crippen LogP contribution in [-0.4, -0.2) is 19.1 Å². The Balaban J connectivity index is 2.48. The topological polar surface area (TPSA) is 47.6 Å². The van der Waals surface area contributed by atoms with Crippen LogP contribution in [0.3, 0.4) is 0 Å². The molecule has 80 valence electrons. The van der Waals surface area contributed by atoms with E-state index in [1.54, 1.807) is 26.2 Å². The highest BCUT2D eigenvalue weighted by Gasteiger charge is 2.25. The maximum absolute atomic E-state index is 11.4. The molecular weight excluding hydrogens is 262 g/mol. The number of amides is 1. The molecule has 1 aliphatic heterocycles. The molecule has 4 nitrogen and oxygen atoms in total. The fourth-order valence-electron chi connectivity index (χ4n) is 1.36. The van der Waals surface area contributed by atoms with Crippen LogP contribution in [0, 0.1) is 0 Å². The largest absolute Gasteiger partial charge is 0.497 e. The third-order valence-corrected chi connectivity index (χ3v) is 2.76. The van der Waals surface area contributed by atoms with Crippen molar-refractivity contribution in [3.63, 3.8) is 0 Å². The van der Waals surface area contributed by atoms with E-state index in [1.165, 1.54) is 0 Å². The van der Waals surface area contributed by atoms with E-state index in [4.69, 9.17) is 9.47 Å². The first kappa shape index (κ1) is 10.3. The Morgan fingerprint density at radius 3 is 2.93 bits per heavy atom. The van der Waals surface area contributed by atoms with Crippen molar-refractivity contribution in [2.75, 3.05) is 12.4 Å². The lowest BCUT2D eigenvalue weighted by atomic mass is 10.2. The minimum atomic E-state index is -0.470. The van der Waals surface area contributed by atoms with Crippen LogP contribution in [0.5, 0.6) is 11.5 Å². The standard InChI is InChI=1S/C10H10BrNO3/c1-5-10(13)12-8-4-6(14-2)3-7(11)9(8)15-5/h3-5H,1-2H3,(H,12,13)/t5-/m1/s1. The van der Waals surface area contributed by atoms with Gasteiger partial charge < -0.3 is 14.8 Å². The number of ether oxygens (including phenoxy) is 2. The smallest absolute Gasteiger partial charge is 0.265 e. The summed E-state index contributed by atoms with van der Waals surface area (Å²) in [5.41, 5.74) is 0.629. The molecule has 0 unspecified atom stereocenters. The number of methoxy groups -OCH3 is 1. The molecule has 1 atom stereocenters. The van der Waals surface area contributed by atoms with Crippen LogP contribution in [0.1, 0.15) is 6.92 Å². The summed E-state index contributed by atoms with van der Waals surface area (Å²) >= 11 is 3.36. The number of carbonyl (C=O) groups is 1. The van der Waals surface area contributed by atoms with Crippen LogP contribution in [0.2, 0.25) is 0 Å². The molecule has 0 aromatic heterocycles. The van der Waals surface area contributed by atoms with Crippen molar-refractivity contribution in [3.05, 3.63) is 16.6 Å². The predicted octanol–water partition coefficient (Wildman–Crippen LogP) is 2.18. The second kappa shape index (κ2) is 3.73. The van der Waals surface area contributed by atoms with E-state index in [1.807, 2.05) is 0 Å². The monoisotopic (exact) mass is 271 g/mol. The van der Waals surface area contributed by atoms with Crippen LogP contribution in [0.4, 0.5) is 5.69 Å². The highest BCUT2D eigenvalue weighted by atomic mass is 79.9. The highest BCUT2D eigenvalue weighted by molar-refractivity contribution is 9.10. The zero-order valence-corrected chi connectivity index (χ0v) is 9.92. The minimum absolute atomic E-state index is 0.150. The molecule has 1 aromatic rings. The fourth-order valence-corrected chi connectivity index (χ4v) is 1.90. The van der Waals surface area contributed by atoms with Gasteiger partial charge in [-0.2, -0.15) is 0 Å². The number of halogens is 1. The van der Waals surface area contributed by atoms with E-state index >= 15 is 0 Å². The Kier molecular flexibility index (Phi) is 2.56. The van der Waals surface area contributed by atoms with Gasteiger partial charge in [-0.05, 0) is 28.9 Å². The molecule has 0 spiro atoms. The lowest BCUT2D eigenvalue weighted by molar-refractivity contribution is -0.122. The van der Waals surface area contributed by atoms with Crippen molar-refractivity contribution in [1.29, 1.82) is 0 Å². The molecule has 0 radical (unpaired) electrons. The van der Waals surface area contributed by atoms with Gasteiger partial charge in [-0.15, -0.1) is 0 Å². The van der Waals surface area contributed by atoms with Gasteiger partial charge in [-0.3, -0.25) is 4.79 Å². The Morgan fingerprint density at radius 2 is 2.27 bits per heavy atom. The van der Waals surface area contributed by atoms with Gasteiger partial charge in [0.1, 0.15) is 5.75 Å². The number of hydrogen-bond acceptors (Lipinski definition) is 3. The van der Waals surface area contributed by atoms with Gasteiger partial charge in [-0.25, -0.2) is 0 Å². The summed E-state index contributed by atoms with van der Waals surface area (Å²) in [6, 6.07) is 3.52. The van der Waals surface area contributed by atoms with Gasteiger partial charge in [0.2, 0.25) is 0 Å². The lowest BCUT2D eigenvalue weighted by Gasteiger charge is -2.24. The summed E-state index contributed by atoms with van der Waals surface area (Å²) in [6.07, 6.45) is -0.470. The average molecular weight is 272 g/mol. The molecule has 1 aliphatic rings. The third kappa shape index (κ3) is 1.79. The Morgan fingerprint density at radius 1 is 1.53 bits per heavy atom. The maximum atomic E-state index is 11.4. The molecule has 0 saturated heterocycles. The van der Waals surface area contributed by atoms with Crippen LogP contribution < -0.4 is 14.8 Å². The second-order valence-electron chi connectivity index (χ2n) is 3.24. The summed E-state index contributed by atoms with van der Waals surface area (Å²) in [4.78, 5) is 11.4. The lowest BCUT2D eigenvalue weighted by Crippen LogP contribution is -2.34. The van der Waals surface area contributed by atoms with Crippen LogP contribution in [0.25, 0.3) is 0 Å². The molecule has 15 heavy (non-hydrogen) atoms. The first-order chi connectivity index (χ1) is 7.11. The van der Waals surface area contributed by atoms with E-state index in [-0.39, 0.29) is 5.91 Å². The molecule has 0 fully saturated rings. The molecular formula is C10H10BrNO3. The van der Waals surface area contributed by atoms with Crippen LogP contribution >= 0.6 is 15.9 Å². The second-order valence-corrected chi connectivity index (χ2v) is 4.09. The summed E-state index contributed by atoms with van der Waals surface area (Å²) in [6.45, 7) is 1.70. The molecule has 0 aliphatic carbocycles. The van der Waals surface area contributed by atoms with Crippen molar-refractivity contribution in [2.45, 2.75) is 13.0 Å². The minimum Gasteiger partial charge on any atom is -0.497 e. The number of hydrogen-bond donors (Lipinski definition) is 1. The number of fused-ring (bicyclic) bond motifs is 1. The van der Waals surface area contributed by atoms with Gasteiger partial charge in [0, 0.05) is 6.07 Å². The zero-order chi connectivity index (χ0) is 11.0. The number of anilines is 1. The number of rotatable bonds is 1. The summed E-state index contributed by atoms with van der Waals surface area (Å²) in [5, 5.41) is 2.75. The molecule has 0 bridgehead atoms. The Bertz CT molecular complexity index is 419.